The van der Waals surface area contributed by atoms with E-state index in [1.165, 1.54) is 0 Å². The molecule has 9 heteroatoms. The summed E-state index contributed by atoms with van der Waals surface area (Å²) in [5, 5.41) is 0. The zero-order valence-corrected chi connectivity index (χ0v) is 29.2. The SMILES string of the molecule is CC(C)(C)OC(=O)COc1ccc(C(C)(c2ccc(OCC(=O)OC(C)(C)C)cc2)c2ccc(OCC(=O)OC(C)(C)C)cc2)cc1. The fourth-order valence-electron chi connectivity index (χ4n) is 4.69. The molecule has 0 bridgehead atoms. The van der Waals surface area contributed by atoms with Crippen molar-refractivity contribution in [2.45, 2.75) is 91.5 Å². The first kappa shape index (κ1) is 36.9. The minimum Gasteiger partial charge on any atom is -0.482 e. The van der Waals surface area contributed by atoms with Crippen LogP contribution < -0.4 is 14.2 Å². The molecule has 0 aromatic heterocycles. The molecular formula is C38H48O9. The lowest BCUT2D eigenvalue weighted by Crippen LogP contribution is -2.28. The van der Waals surface area contributed by atoms with Gasteiger partial charge in [0.2, 0.25) is 0 Å². The Balaban J connectivity index is 1.86. The van der Waals surface area contributed by atoms with Crippen molar-refractivity contribution >= 4 is 17.9 Å². The van der Waals surface area contributed by atoms with Gasteiger partial charge in [-0.3, -0.25) is 0 Å². The first-order valence-electron chi connectivity index (χ1n) is 15.6. The molecule has 0 saturated heterocycles. The molecule has 254 valence electrons. The average Bonchev–Trinajstić information content (AvgIpc) is 2.96. The number of rotatable bonds is 12. The van der Waals surface area contributed by atoms with Crippen molar-refractivity contribution in [3.63, 3.8) is 0 Å². The topological polar surface area (TPSA) is 107 Å². The fourth-order valence-corrected chi connectivity index (χ4v) is 4.69. The Kier molecular flexibility index (Phi) is 11.7. The summed E-state index contributed by atoms with van der Waals surface area (Å²) in [5.74, 6) is 0.231. The Morgan fingerprint density at radius 1 is 0.404 bits per heavy atom. The maximum absolute atomic E-state index is 12.2. The van der Waals surface area contributed by atoms with E-state index >= 15 is 0 Å². The summed E-state index contributed by atoms with van der Waals surface area (Å²) >= 11 is 0. The number of ether oxygens (including phenoxy) is 6. The third-order valence-electron chi connectivity index (χ3n) is 6.63. The summed E-state index contributed by atoms with van der Waals surface area (Å²) in [6.45, 7) is 17.7. The maximum Gasteiger partial charge on any atom is 0.344 e. The van der Waals surface area contributed by atoms with Gasteiger partial charge in [0.15, 0.2) is 19.8 Å². The molecule has 0 atom stereocenters. The van der Waals surface area contributed by atoms with Crippen LogP contribution in [0.1, 0.15) is 85.9 Å². The van der Waals surface area contributed by atoms with Gasteiger partial charge in [0.1, 0.15) is 34.1 Å². The smallest absolute Gasteiger partial charge is 0.344 e. The Hall–Kier alpha value is -4.53. The van der Waals surface area contributed by atoms with Crippen molar-refractivity contribution in [3.05, 3.63) is 89.5 Å². The zero-order valence-electron chi connectivity index (χ0n) is 29.2. The maximum atomic E-state index is 12.2. The highest BCUT2D eigenvalue weighted by atomic mass is 16.6. The van der Waals surface area contributed by atoms with E-state index < -0.39 is 40.1 Å². The Morgan fingerprint density at radius 2 is 0.617 bits per heavy atom. The van der Waals surface area contributed by atoms with Crippen LogP contribution in [0.5, 0.6) is 17.2 Å². The van der Waals surface area contributed by atoms with Crippen LogP contribution in [0.2, 0.25) is 0 Å². The van der Waals surface area contributed by atoms with Crippen molar-refractivity contribution in [1.82, 2.24) is 0 Å². The molecule has 0 aliphatic heterocycles. The van der Waals surface area contributed by atoms with E-state index in [1.54, 1.807) is 62.3 Å². The van der Waals surface area contributed by atoms with Crippen LogP contribution in [-0.4, -0.2) is 54.5 Å². The Labute approximate surface area is 278 Å². The first-order chi connectivity index (χ1) is 21.7. The van der Waals surface area contributed by atoms with Gasteiger partial charge < -0.3 is 28.4 Å². The van der Waals surface area contributed by atoms with E-state index in [0.29, 0.717) is 17.2 Å². The van der Waals surface area contributed by atoms with E-state index in [-0.39, 0.29) is 19.8 Å². The van der Waals surface area contributed by atoms with E-state index in [4.69, 9.17) is 28.4 Å². The molecule has 9 nitrogen and oxygen atoms in total. The quantitative estimate of drug-likeness (QED) is 0.114. The van der Waals surface area contributed by atoms with Gasteiger partial charge in [0, 0.05) is 5.41 Å². The second-order valence-electron chi connectivity index (χ2n) is 14.3. The molecule has 0 unspecified atom stereocenters. The normalized spacial score (nSPS) is 12.1. The van der Waals surface area contributed by atoms with Crippen LogP contribution in [0, 0.1) is 0 Å². The predicted octanol–water partition coefficient (Wildman–Crippen LogP) is 7.20. The minimum absolute atomic E-state index is 0.205. The number of esters is 3. The van der Waals surface area contributed by atoms with Crippen LogP contribution >= 0.6 is 0 Å². The van der Waals surface area contributed by atoms with Gasteiger partial charge in [-0.25, -0.2) is 14.4 Å². The molecule has 0 N–H and O–H groups in total. The van der Waals surface area contributed by atoms with Crippen LogP contribution in [0.25, 0.3) is 0 Å². The standard InChI is InChI=1S/C38H48O9/c1-35(2,3)45-32(39)23-42-29-17-11-26(12-18-29)38(10,27-13-19-30(20-14-27)43-24-33(40)46-36(4,5)6)28-15-21-31(22-16-28)44-25-34(41)47-37(7,8)9/h11-22H,23-25H2,1-10H3. The second-order valence-corrected chi connectivity index (χ2v) is 14.3. The monoisotopic (exact) mass is 648 g/mol. The summed E-state index contributed by atoms with van der Waals surface area (Å²) in [7, 11) is 0. The summed E-state index contributed by atoms with van der Waals surface area (Å²) in [6.07, 6.45) is 0. The molecule has 3 aromatic rings. The first-order valence-corrected chi connectivity index (χ1v) is 15.6. The number of carbonyl (C=O) groups excluding carboxylic acids is 3. The van der Waals surface area contributed by atoms with Gasteiger partial charge in [0.25, 0.3) is 0 Å². The van der Waals surface area contributed by atoms with E-state index in [0.717, 1.165) is 16.7 Å². The molecule has 0 saturated carbocycles. The molecule has 0 fully saturated rings. The molecular weight excluding hydrogens is 600 g/mol. The largest absolute Gasteiger partial charge is 0.482 e. The molecule has 0 heterocycles. The van der Waals surface area contributed by atoms with Gasteiger partial charge in [0.05, 0.1) is 0 Å². The van der Waals surface area contributed by atoms with Gasteiger partial charge >= 0.3 is 17.9 Å². The average molecular weight is 649 g/mol. The van der Waals surface area contributed by atoms with Crippen molar-refractivity contribution < 1.29 is 42.8 Å². The van der Waals surface area contributed by atoms with Crippen LogP contribution in [-0.2, 0) is 34.0 Å². The fraction of sp³-hybridized carbons (Fsp3) is 0.447. The molecule has 3 rings (SSSR count). The second kappa shape index (κ2) is 14.9. The van der Waals surface area contributed by atoms with Crippen LogP contribution in [0.4, 0.5) is 0 Å². The van der Waals surface area contributed by atoms with Gasteiger partial charge in [-0.1, -0.05) is 36.4 Å². The van der Waals surface area contributed by atoms with E-state index in [1.807, 2.05) is 72.8 Å². The third-order valence-corrected chi connectivity index (χ3v) is 6.63. The molecule has 0 aliphatic rings. The molecule has 3 aromatic carbocycles. The van der Waals surface area contributed by atoms with Gasteiger partial charge in [-0.2, -0.15) is 0 Å². The molecule has 0 radical (unpaired) electrons. The van der Waals surface area contributed by atoms with Gasteiger partial charge in [-0.05, 0) is 122 Å². The summed E-state index contributed by atoms with van der Waals surface area (Å²) in [4.78, 5) is 36.5. The minimum atomic E-state index is -0.656. The number of hydrogen-bond acceptors (Lipinski definition) is 9. The van der Waals surface area contributed by atoms with Crippen LogP contribution in [0.15, 0.2) is 72.8 Å². The third kappa shape index (κ3) is 12.0. The van der Waals surface area contributed by atoms with Crippen molar-refractivity contribution in [2.75, 3.05) is 19.8 Å². The highest BCUT2D eigenvalue weighted by Crippen LogP contribution is 2.40. The molecule has 47 heavy (non-hydrogen) atoms. The molecule has 0 amide bonds. The van der Waals surface area contributed by atoms with Crippen LogP contribution in [0.3, 0.4) is 0 Å². The Morgan fingerprint density at radius 3 is 0.809 bits per heavy atom. The number of hydrogen-bond donors (Lipinski definition) is 0. The molecule has 0 spiro atoms. The summed E-state index contributed by atoms with van der Waals surface area (Å²) in [6, 6.07) is 22.6. The van der Waals surface area contributed by atoms with Crippen molar-refractivity contribution in [1.29, 1.82) is 0 Å². The van der Waals surface area contributed by atoms with Gasteiger partial charge in [-0.15, -0.1) is 0 Å². The summed E-state index contributed by atoms with van der Waals surface area (Å²) in [5.41, 5.74) is 0.402. The summed E-state index contributed by atoms with van der Waals surface area (Å²) < 4.78 is 33.1. The lowest BCUT2D eigenvalue weighted by atomic mass is 9.71. The highest BCUT2D eigenvalue weighted by molar-refractivity contribution is 5.72. The van der Waals surface area contributed by atoms with Crippen molar-refractivity contribution in [2.24, 2.45) is 0 Å². The van der Waals surface area contributed by atoms with E-state index in [9.17, 15) is 14.4 Å². The van der Waals surface area contributed by atoms with Crippen molar-refractivity contribution in [3.8, 4) is 17.2 Å². The number of carbonyl (C=O) groups is 3. The molecule has 0 aliphatic carbocycles. The Bertz CT molecular complexity index is 1300. The highest BCUT2D eigenvalue weighted by Gasteiger charge is 2.32. The predicted molar refractivity (Wildman–Crippen MR) is 179 cm³/mol. The van der Waals surface area contributed by atoms with E-state index in [2.05, 4.69) is 6.92 Å². The zero-order chi connectivity index (χ0) is 35.0. The lowest BCUT2D eigenvalue weighted by molar-refractivity contribution is -0.158. The lowest BCUT2D eigenvalue weighted by Gasteiger charge is -2.32. The number of benzene rings is 3.